The van der Waals surface area contributed by atoms with Gasteiger partial charge in [-0.15, -0.1) is 11.8 Å². The van der Waals surface area contributed by atoms with Gasteiger partial charge >= 0.3 is 12.1 Å². The number of aromatic nitrogens is 1. The van der Waals surface area contributed by atoms with Crippen molar-refractivity contribution in [3.05, 3.63) is 59.3 Å². The zero-order chi connectivity index (χ0) is 15.5. The van der Waals surface area contributed by atoms with Crippen LogP contribution in [0.2, 0.25) is 0 Å². The molecular weight excluding hydrogens is 303 g/mol. The van der Waals surface area contributed by atoms with E-state index in [2.05, 4.69) is 4.98 Å². The standard InChI is InChI=1S/C14H10F3NO2S/c15-14(16,17)11-4-2-1-3-10(11)8-21-12-6-5-9(7-18-12)13(19)20/h1-7H,8H2,(H,19,20). The van der Waals surface area contributed by atoms with E-state index in [-0.39, 0.29) is 16.9 Å². The van der Waals surface area contributed by atoms with Crippen molar-refractivity contribution in [3.63, 3.8) is 0 Å². The molecule has 2 aromatic rings. The number of carboxylic acids is 1. The molecule has 0 radical (unpaired) electrons. The Balaban J connectivity index is 2.12. The lowest BCUT2D eigenvalue weighted by molar-refractivity contribution is -0.138. The van der Waals surface area contributed by atoms with Crippen LogP contribution in [0, 0.1) is 0 Å². The normalized spacial score (nSPS) is 11.4. The second kappa shape index (κ2) is 6.17. The van der Waals surface area contributed by atoms with E-state index in [4.69, 9.17) is 5.11 Å². The molecular formula is C14H10F3NO2S. The van der Waals surface area contributed by atoms with Crippen LogP contribution < -0.4 is 0 Å². The number of alkyl halides is 3. The monoisotopic (exact) mass is 313 g/mol. The number of hydrogen-bond donors (Lipinski definition) is 1. The molecule has 0 aliphatic rings. The van der Waals surface area contributed by atoms with Gasteiger partial charge < -0.3 is 5.11 Å². The van der Waals surface area contributed by atoms with E-state index in [1.54, 1.807) is 6.07 Å². The molecule has 1 heterocycles. The van der Waals surface area contributed by atoms with Gasteiger partial charge in [0.2, 0.25) is 0 Å². The summed E-state index contributed by atoms with van der Waals surface area (Å²) in [6.07, 6.45) is -3.21. The molecule has 1 aromatic heterocycles. The second-order valence-electron chi connectivity index (χ2n) is 4.13. The molecule has 0 bridgehead atoms. The van der Waals surface area contributed by atoms with Gasteiger partial charge in [0.15, 0.2) is 0 Å². The fourth-order valence-electron chi connectivity index (χ4n) is 1.67. The highest BCUT2D eigenvalue weighted by molar-refractivity contribution is 7.98. The number of carbonyl (C=O) groups is 1. The summed E-state index contributed by atoms with van der Waals surface area (Å²) in [5, 5.41) is 9.21. The lowest BCUT2D eigenvalue weighted by Crippen LogP contribution is -2.08. The summed E-state index contributed by atoms with van der Waals surface area (Å²) in [4.78, 5) is 14.6. The Labute approximate surface area is 122 Å². The van der Waals surface area contributed by atoms with Gasteiger partial charge in [-0.25, -0.2) is 9.78 Å². The van der Waals surface area contributed by atoms with Gasteiger partial charge in [0.25, 0.3) is 0 Å². The highest BCUT2D eigenvalue weighted by atomic mass is 32.2. The molecule has 0 atom stereocenters. The van der Waals surface area contributed by atoms with Crippen molar-refractivity contribution in [2.45, 2.75) is 17.0 Å². The number of halogens is 3. The van der Waals surface area contributed by atoms with Crippen LogP contribution in [0.1, 0.15) is 21.5 Å². The summed E-state index contributed by atoms with van der Waals surface area (Å²) >= 11 is 1.12. The first-order chi connectivity index (χ1) is 9.88. The third kappa shape index (κ3) is 3.98. The molecule has 0 spiro atoms. The van der Waals surface area contributed by atoms with Crippen LogP contribution in [0.3, 0.4) is 0 Å². The van der Waals surface area contributed by atoms with Crippen molar-refractivity contribution in [1.82, 2.24) is 4.98 Å². The van der Waals surface area contributed by atoms with Crippen LogP contribution >= 0.6 is 11.8 Å². The molecule has 0 aliphatic heterocycles. The maximum atomic E-state index is 12.8. The van der Waals surface area contributed by atoms with Crippen molar-refractivity contribution < 1.29 is 23.1 Å². The zero-order valence-electron chi connectivity index (χ0n) is 10.6. The van der Waals surface area contributed by atoms with E-state index in [1.165, 1.54) is 30.5 Å². The summed E-state index contributed by atoms with van der Waals surface area (Å²) in [6.45, 7) is 0. The fraction of sp³-hybridized carbons (Fsp3) is 0.143. The van der Waals surface area contributed by atoms with Crippen molar-refractivity contribution >= 4 is 17.7 Å². The molecule has 0 aliphatic carbocycles. The third-order valence-electron chi connectivity index (χ3n) is 2.68. The van der Waals surface area contributed by atoms with Crippen LogP contribution in [0.15, 0.2) is 47.6 Å². The van der Waals surface area contributed by atoms with Crippen molar-refractivity contribution in [3.8, 4) is 0 Å². The first kappa shape index (κ1) is 15.4. The maximum Gasteiger partial charge on any atom is 0.416 e. The number of benzene rings is 1. The molecule has 0 saturated carbocycles. The van der Waals surface area contributed by atoms with Crippen molar-refractivity contribution in [2.75, 3.05) is 0 Å². The molecule has 3 nitrogen and oxygen atoms in total. The van der Waals surface area contributed by atoms with Crippen LogP contribution in [0.4, 0.5) is 13.2 Å². The molecule has 0 amide bonds. The van der Waals surface area contributed by atoms with E-state index in [0.717, 1.165) is 17.8 Å². The third-order valence-corrected chi connectivity index (χ3v) is 3.67. The predicted octanol–water partition coefficient (Wildman–Crippen LogP) is 4.09. The Morgan fingerprint density at radius 3 is 2.48 bits per heavy atom. The molecule has 1 aromatic carbocycles. The molecule has 0 fully saturated rings. The summed E-state index contributed by atoms with van der Waals surface area (Å²) in [5.41, 5.74) is -0.464. The fourth-order valence-corrected chi connectivity index (χ4v) is 2.51. The van der Waals surface area contributed by atoms with Crippen LogP contribution in [-0.4, -0.2) is 16.1 Å². The SMILES string of the molecule is O=C(O)c1ccc(SCc2ccccc2C(F)(F)F)nc1. The minimum Gasteiger partial charge on any atom is -0.478 e. The van der Waals surface area contributed by atoms with E-state index in [9.17, 15) is 18.0 Å². The van der Waals surface area contributed by atoms with E-state index < -0.39 is 17.7 Å². The first-order valence-electron chi connectivity index (χ1n) is 5.85. The van der Waals surface area contributed by atoms with Gasteiger partial charge in [-0.3, -0.25) is 0 Å². The minimum atomic E-state index is -4.39. The quantitative estimate of drug-likeness (QED) is 0.864. The topological polar surface area (TPSA) is 50.2 Å². The van der Waals surface area contributed by atoms with E-state index >= 15 is 0 Å². The second-order valence-corrected chi connectivity index (χ2v) is 5.13. The number of carboxylic acid groups (broad SMARTS) is 1. The summed E-state index contributed by atoms with van der Waals surface area (Å²) in [6, 6.07) is 8.19. The summed E-state index contributed by atoms with van der Waals surface area (Å²) in [7, 11) is 0. The predicted molar refractivity (Wildman–Crippen MR) is 72.2 cm³/mol. The van der Waals surface area contributed by atoms with Gasteiger partial charge in [-0.05, 0) is 23.8 Å². The van der Waals surface area contributed by atoms with Crippen molar-refractivity contribution in [2.24, 2.45) is 0 Å². The van der Waals surface area contributed by atoms with Crippen molar-refractivity contribution in [1.29, 1.82) is 0 Å². The Hall–Kier alpha value is -2.02. The smallest absolute Gasteiger partial charge is 0.416 e. The number of aromatic carboxylic acids is 1. The van der Waals surface area contributed by atoms with E-state index in [1.807, 2.05) is 0 Å². The molecule has 2 rings (SSSR count). The van der Waals surface area contributed by atoms with Crippen LogP contribution in [0.25, 0.3) is 0 Å². The van der Waals surface area contributed by atoms with Gasteiger partial charge in [-0.1, -0.05) is 18.2 Å². The number of nitrogens with zero attached hydrogens (tertiary/aromatic N) is 1. The van der Waals surface area contributed by atoms with Crippen LogP contribution in [0.5, 0.6) is 0 Å². The first-order valence-corrected chi connectivity index (χ1v) is 6.84. The summed E-state index contributed by atoms with van der Waals surface area (Å²) in [5.74, 6) is -0.990. The minimum absolute atomic E-state index is 0.0371. The molecule has 110 valence electrons. The molecule has 0 saturated heterocycles. The molecule has 1 N–H and O–H groups in total. The number of rotatable bonds is 4. The zero-order valence-corrected chi connectivity index (χ0v) is 11.4. The van der Waals surface area contributed by atoms with Gasteiger partial charge in [0, 0.05) is 11.9 Å². The average Bonchev–Trinajstić information content (AvgIpc) is 2.45. The summed E-state index contributed by atoms with van der Waals surface area (Å²) < 4.78 is 38.5. The number of pyridine rings is 1. The molecule has 0 unspecified atom stereocenters. The molecule has 21 heavy (non-hydrogen) atoms. The Bertz CT molecular complexity index is 641. The Morgan fingerprint density at radius 1 is 1.19 bits per heavy atom. The molecule has 7 heteroatoms. The van der Waals surface area contributed by atoms with Crippen LogP contribution in [-0.2, 0) is 11.9 Å². The lowest BCUT2D eigenvalue weighted by Gasteiger charge is -2.12. The van der Waals surface area contributed by atoms with Gasteiger partial charge in [0.05, 0.1) is 16.2 Å². The number of thioether (sulfide) groups is 1. The highest BCUT2D eigenvalue weighted by Crippen LogP contribution is 2.34. The lowest BCUT2D eigenvalue weighted by atomic mass is 10.1. The maximum absolute atomic E-state index is 12.8. The largest absolute Gasteiger partial charge is 0.478 e. The number of hydrogen-bond acceptors (Lipinski definition) is 3. The Morgan fingerprint density at radius 2 is 1.90 bits per heavy atom. The van der Waals surface area contributed by atoms with E-state index in [0.29, 0.717) is 5.03 Å². The Kier molecular flexibility index (Phi) is 4.52. The average molecular weight is 313 g/mol. The van der Waals surface area contributed by atoms with Gasteiger partial charge in [0.1, 0.15) is 0 Å². The highest BCUT2D eigenvalue weighted by Gasteiger charge is 2.32. The van der Waals surface area contributed by atoms with Gasteiger partial charge in [-0.2, -0.15) is 13.2 Å².